The number of hydrogen-bond acceptors (Lipinski definition) is 4. The van der Waals surface area contributed by atoms with Crippen LogP contribution in [0.2, 0.25) is 0 Å². The first-order chi connectivity index (χ1) is 8.85. The monoisotopic (exact) mass is 292 g/mol. The van der Waals surface area contributed by atoms with Crippen molar-refractivity contribution in [2.24, 2.45) is 0 Å². The Morgan fingerprint density at radius 3 is 1.84 bits per heavy atom. The summed E-state index contributed by atoms with van der Waals surface area (Å²) in [7, 11) is 0. The molecule has 0 N–H and O–H groups in total. The normalized spacial score (nSPS) is 11.2. The molecule has 0 aliphatic heterocycles. The molecule has 0 aliphatic carbocycles. The maximum Gasteiger partial charge on any atom is 0.306 e. The molecule has 0 aromatic rings. The Morgan fingerprint density at radius 2 is 1.37 bits per heavy atom. The first-order valence-electron chi connectivity index (χ1n) is 6.78. The van der Waals surface area contributed by atoms with E-state index in [1.807, 2.05) is 20.8 Å². The van der Waals surface area contributed by atoms with E-state index in [0.717, 1.165) is 32.1 Å². The largest absolute Gasteiger partial charge is 0.460 e. The molecule has 5 heteroatoms. The fraction of sp³-hybridized carbons (Fsp3) is 0.857. The van der Waals surface area contributed by atoms with Gasteiger partial charge in [-0.05, 0) is 33.6 Å². The van der Waals surface area contributed by atoms with Crippen molar-refractivity contribution in [3.63, 3.8) is 0 Å². The van der Waals surface area contributed by atoms with E-state index in [1.165, 1.54) is 0 Å². The van der Waals surface area contributed by atoms with E-state index in [0.29, 0.717) is 12.8 Å². The molecule has 0 fully saturated rings. The van der Waals surface area contributed by atoms with Gasteiger partial charge in [0, 0.05) is 12.8 Å². The molecule has 0 bridgehead atoms. The van der Waals surface area contributed by atoms with Crippen LogP contribution >= 0.6 is 11.6 Å². The first-order valence-corrected chi connectivity index (χ1v) is 7.32. The Balaban J connectivity index is 3.36. The van der Waals surface area contributed by atoms with Crippen molar-refractivity contribution in [3.8, 4) is 0 Å². The van der Waals surface area contributed by atoms with Gasteiger partial charge >= 0.3 is 11.9 Å². The maximum absolute atomic E-state index is 11.4. The second kappa shape index (κ2) is 10.1. The van der Waals surface area contributed by atoms with Crippen molar-refractivity contribution in [3.05, 3.63) is 0 Å². The zero-order valence-corrected chi connectivity index (χ0v) is 12.9. The summed E-state index contributed by atoms with van der Waals surface area (Å²) in [6.07, 6.45) is 5.47. The quantitative estimate of drug-likeness (QED) is 0.368. The van der Waals surface area contributed by atoms with Gasteiger partial charge in [0.15, 0.2) is 6.07 Å². The number of unbranched alkanes of at least 4 members (excludes halogenated alkanes) is 4. The molecule has 0 saturated heterocycles. The smallest absolute Gasteiger partial charge is 0.306 e. The molecule has 19 heavy (non-hydrogen) atoms. The minimum absolute atomic E-state index is 0.0747. The van der Waals surface area contributed by atoms with E-state index in [4.69, 9.17) is 16.3 Å². The van der Waals surface area contributed by atoms with Crippen molar-refractivity contribution >= 4 is 23.5 Å². The maximum atomic E-state index is 11.4. The number of halogens is 1. The molecule has 4 nitrogen and oxygen atoms in total. The van der Waals surface area contributed by atoms with Gasteiger partial charge in [0.25, 0.3) is 0 Å². The lowest BCUT2D eigenvalue weighted by atomic mass is 10.1. The minimum atomic E-state index is -0.403. The Bertz CT molecular complexity index is 271. The molecule has 0 rings (SSSR count). The number of carbonyl (C=O) groups excluding carboxylic acids is 2. The van der Waals surface area contributed by atoms with Gasteiger partial charge in [-0.15, -0.1) is 0 Å². The molecular weight excluding hydrogens is 268 g/mol. The summed E-state index contributed by atoms with van der Waals surface area (Å²) in [5.74, 6) is -0.387. The lowest BCUT2D eigenvalue weighted by Crippen LogP contribution is -2.23. The molecule has 0 saturated carbocycles. The summed E-state index contributed by atoms with van der Waals surface area (Å²) >= 11 is 5.27. The van der Waals surface area contributed by atoms with Crippen molar-refractivity contribution < 1.29 is 19.1 Å². The van der Waals surface area contributed by atoms with Gasteiger partial charge in [0.1, 0.15) is 5.60 Å². The third-order valence-electron chi connectivity index (χ3n) is 2.40. The SMILES string of the molecule is CC(C)(C)OC(=O)CCCCCCCC(=O)OCCl. The van der Waals surface area contributed by atoms with Gasteiger partial charge in [0.2, 0.25) is 0 Å². The molecule has 0 atom stereocenters. The van der Waals surface area contributed by atoms with E-state index in [-0.39, 0.29) is 18.0 Å². The number of carbonyl (C=O) groups is 2. The average Bonchev–Trinajstić information content (AvgIpc) is 2.25. The number of alkyl halides is 1. The van der Waals surface area contributed by atoms with Gasteiger partial charge in [-0.3, -0.25) is 9.59 Å². The van der Waals surface area contributed by atoms with Crippen LogP contribution in [0.5, 0.6) is 0 Å². The molecule has 0 unspecified atom stereocenters. The number of rotatable bonds is 9. The number of ether oxygens (including phenoxy) is 2. The summed E-state index contributed by atoms with van der Waals surface area (Å²) < 4.78 is 9.82. The van der Waals surface area contributed by atoms with E-state index in [2.05, 4.69) is 4.74 Å². The van der Waals surface area contributed by atoms with Crippen molar-refractivity contribution in [1.82, 2.24) is 0 Å². The summed E-state index contributed by atoms with van der Waals surface area (Å²) in [6.45, 7) is 5.60. The molecule has 0 amide bonds. The van der Waals surface area contributed by atoms with Crippen molar-refractivity contribution in [1.29, 1.82) is 0 Å². The second-order valence-electron chi connectivity index (χ2n) is 5.48. The number of esters is 2. The summed E-state index contributed by atoms with van der Waals surface area (Å²) in [4.78, 5) is 22.4. The van der Waals surface area contributed by atoms with E-state index >= 15 is 0 Å². The summed E-state index contributed by atoms with van der Waals surface area (Å²) in [6, 6.07) is -0.0747. The predicted molar refractivity (Wildman–Crippen MR) is 75.0 cm³/mol. The summed E-state index contributed by atoms with van der Waals surface area (Å²) in [5, 5.41) is 0. The highest BCUT2D eigenvalue weighted by Crippen LogP contribution is 2.12. The van der Waals surface area contributed by atoms with Gasteiger partial charge in [-0.2, -0.15) is 0 Å². The predicted octanol–water partition coefficient (Wildman–Crippen LogP) is 3.80. The third kappa shape index (κ3) is 13.5. The van der Waals surface area contributed by atoms with Crippen LogP contribution in [0.1, 0.15) is 65.7 Å². The Labute approximate surface area is 120 Å². The van der Waals surface area contributed by atoms with Crippen LogP contribution < -0.4 is 0 Å². The third-order valence-corrected chi connectivity index (χ3v) is 2.51. The highest BCUT2D eigenvalue weighted by atomic mass is 35.5. The Morgan fingerprint density at radius 1 is 0.895 bits per heavy atom. The first kappa shape index (κ1) is 18.2. The van der Waals surface area contributed by atoms with Crippen LogP contribution in [0.15, 0.2) is 0 Å². The highest BCUT2D eigenvalue weighted by Gasteiger charge is 2.15. The fourth-order valence-electron chi connectivity index (χ4n) is 1.59. The topological polar surface area (TPSA) is 52.6 Å². The van der Waals surface area contributed by atoms with Crippen LogP contribution in [-0.2, 0) is 19.1 Å². The zero-order chi connectivity index (χ0) is 14.7. The standard InChI is InChI=1S/C14H25ClO4/c1-14(2,3)19-13(17)10-8-6-4-5-7-9-12(16)18-11-15/h4-11H2,1-3H3. The second-order valence-corrected chi connectivity index (χ2v) is 5.70. The van der Waals surface area contributed by atoms with Crippen LogP contribution in [0, 0.1) is 0 Å². The fourth-order valence-corrected chi connectivity index (χ4v) is 1.72. The molecule has 0 aromatic carbocycles. The van der Waals surface area contributed by atoms with Gasteiger partial charge < -0.3 is 9.47 Å². The molecule has 112 valence electrons. The Hall–Kier alpha value is -0.770. The molecule has 0 heterocycles. The summed E-state index contributed by atoms with van der Waals surface area (Å²) in [5.41, 5.74) is -0.403. The lowest BCUT2D eigenvalue weighted by molar-refractivity contribution is -0.155. The Kier molecular flexibility index (Phi) is 9.66. The lowest BCUT2D eigenvalue weighted by Gasteiger charge is -2.19. The molecule has 0 aromatic heterocycles. The average molecular weight is 293 g/mol. The van der Waals surface area contributed by atoms with Crippen LogP contribution in [-0.4, -0.2) is 23.6 Å². The van der Waals surface area contributed by atoms with Crippen molar-refractivity contribution in [2.45, 2.75) is 71.3 Å². The zero-order valence-electron chi connectivity index (χ0n) is 12.2. The van der Waals surface area contributed by atoms with Crippen LogP contribution in [0.3, 0.4) is 0 Å². The van der Waals surface area contributed by atoms with Crippen LogP contribution in [0.4, 0.5) is 0 Å². The minimum Gasteiger partial charge on any atom is -0.460 e. The number of hydrogen-bond donors (Lipinski definition) is 0. The van der Waals surface area contributed by atoms with Gasteiger partial charge in [0.05, 0.1) is 0 Å². The van der Waals surface area contributed by atoms with Crippen LogP contribution in [0.25, 0.3) is 0 Å². The molecule has 0 spiro atoms. The van der Waals surface area contributed by atoms with Crippen molar-refractivity contribution in [2.75, 3.05) is 6.07 Å². The van der Waals surface area contributed by atoms with Gasteiger partial charge in [-0.1, -0.05) is 30.9 Å². The highest BCUT2D eigenvalue weighted by molar-refractivity contribution is 6.17. The molecule has 0 radical (unpaired) electrons. The van der Waals surface area contributed by atoms with E-state index in [9.17, 15) is 9.59 Å². The van der Waals surface area contributed by atoms with E-state index < -0.39 is 5.60 Å². The molecule has 0 aliphatic rings. The molecular formula is C14H25ClO4. The van der Waals surface area contributed by atoms with E-state index in [1.54, 1.807) is 0 Å². The van der Waals surface area contributed by atoms with Gasteiger partial charge in [-0.25, -0.2) is 0 Å².